The average Bonchev–Trinajstić information content (AvgIpc) is 2.40. The number of hydrogen-bond donors (Lipinski definition) is 0. The summed E-state index contributed by atoms with van der Waals surface area (Å²) in [4.78, 5) is 11.9. The smallest absolute Gasteiger partial charge is 0.203 e. The van der Waals surface area contributed by atoms with E-state index in [0.717, 1.165) is 10.0 Å². The van der Waals surface area contributed by atoms with Crippen LogP contribution in [0.5, 0.6) is 5.75 Å². The summed E-state index contributed by atoms with van der Waals surface area (Å²) in [6.45, 7) is 1.70. The van der Waals surface area contributed by atoms with Gasteiger partial charge in [0.05, 0.1) is 5.56 Å². The van der Waals surface area contributed by atoms with Gasteiger partial charge in [-0.05, 0) is 36.8 Å². The zero-order chi connectivity index (χ0) is 13.8. The van der Waals surface area contributed by atoms with Crippen LogP contribution in [0.3, 0.4) is 0 Å². The van der Waals surface area contributed by atoms with Crippen LogP contribution in [-0.4, -0.2) is 12.4 Å². The molecule has 0 aliphatic carbocycles. The summed E-state index contributed by atoms with van der Waals surface area (Å²) >= 11 is 3.33. The van der Waals surface area contributed by atoms with Crippen molar-refractivity contribution in [3.05, 3.63) is 63.9 Å². The summed E-state index contributed by atoms with van der Waals surface area (Å²) in [6, 6.07) is 11.4. The van der Waals surface area contributed by atoms with Crippen molar-refractivity contribution in [2.45, 2.75) is 6.92 Å². The van der Waals surface area contributed by atoms with Crippen molar-refractivity contribution in [1.82, 2.24) is 0 Å². The Bertz CT molecular complexity index is 611. The molecule has 4 heteroatoms. The van der Waals surface area contributed by atoms with Crippen LogP contribution in [-0.2, 0) is 0 Å². The van der Waals surface area contributed by atoms with Crippen LogP contribution in [0, 0.1) is 12.7 Å². The highest BCUT2D eigenvalue weighted by Gasteiger charge is 2.12. The highest BCUT2D eigenvalue weighted by atomic mass is 79.9. The summed E-state index contributed by atoms with van der Waals surface area (Å²) in [6.07, 6.45) is 0. The van der Waals surface area contributed by atoms with Gasteiger partial charge in [0.1, 0.15) is 11.6 Å². The van der Waals surface area contributed by atoms with Crippen molar-refractivity contribution in [3.8, 4) is 5.75 Å². The zero-order valence-electron chi connectivity index (χ0n) is 10.3. The fourth-order valence-corrected chi connectivity index (χ4v) is 1.98. The Balaban J connectivity index is 2.09. The molecule has 0 atom stereocenters. The lowest BCUT2D eigenvalue weighted by atomic mass is 10.1. The number of aryl methyl sites for hydroxylation is 1. The van der Waals surface area contributed by atoms with E-state index in [0.29, 0.717) is 5.75 Å². The van der Waals surface area contributed by atoms with Gasteiger partial charge in [0.15, 0.2) is 6.61 Å². The van der Waals surface area contributed by atoms with Gasteiger partial charge in [0.2, 0.25) is 5.78 Å². The lowest BCUT2D eigenvalue weighted by Crippen LogP contribution is -2.13. The maximum Gasteiger partial charge on any atom is 0.203 e. The Hall–Kier alpha value is -1.68. The molecule has 0 saturated heterocycles. The van der Waals surface area contributed by atoms with E-state index in [1.807, 2.05) is 19.1 Å². The predicted molar refractivity (Wildman–Crippen MR) is 75.1 cm³/mol. The zero-order valence-corrected chi connectivity index (χ0v) is 11.9. The molecule has 2 aromatic carbocycles. The van der Waals surface area contributed by atoms with E-state index < -0.39 is 5.82 Å². The van der Waals surface area contributed by atoms with Gasteiger partial charge in [-0.2, -0.15) is 0 Å². The maximum atomic E-state index is 13.4. The van der Waals surface area contributed by atoms with E-state index in [1.165, 1.54) is 12.1 Å². The third-order valence-electron chi connectivity index (χ3n) is 2.68. The van der Waals surface area contributed by atoms with E-state index in [-0.39, 0.29) is 18.0 Å². The summed E-state index contributed by atoms with van der Waals surface area (Å²) < 4.78 is 19.7. The van der Waals surface area contributed by atoms with E-state index >= 15 is 0 Å². The molecule has 0 amide bonds. The lowest BCUT2D eigenvalue weighted by molar-refractivity contribution is 0.0917. The quantitative estimate of drug-likeness (QED) is 0.790. The number of ether oxygens (including phenoxy) is 1. The first-order chi connectivity index (χ1) is 9.08. The summed E-state index contributed by atoms with van der Waals surface area (Å²) in [5.41, 5.74) is 0.972. The highest BCUT2D eigenvalue weighted by molar-refractivity contribution is 9.10. The molecule has 0 aliphatic rings. The van der Waals surface area contributed by atoms with Crippen molar-refractivity contribution in [2.24, 2.45) is 0 Å². The van der Waals surface area contributed by atoms with Crippen molar-refractivity contribution in [1.29, 1.82) is 0 Å². The molecule has 98 valence electrons. The van der Waals surface area contributed by atoms with Crippen LogP contribution in [0.1, 0.15) is 15.9 Å². The molecule has 2 aromatic rings. The average molecular weight is 323 g/mol. The molecular formula is C15H12BrFO2. The molecule has 0 aliphatic heterocycles. The number of carbonyl (C=O) groups is 1. The molecule has 0 spiro atoms. The predicted octanol–water partition coefficient (Wildman–Crippen LogP) is 4.16. The topological polar surface area (TPSA) is 26.3 Å². The molecule has 0 radical (unpaired) electrons. The van der Waals surface area contributed by atoms with Crippen LogP contribution in [0.2, 0.25) is 0 Å². The first-order valence-corrected chi connectivity index (χ1v) is 6.54. The van der Waals surface area contributed by atoms with Crippen LogP contribution in [0.25, 0.3) is 0 Å². The summed E-state index contributed by atoms with van der Waals surface area (Å²) in [7, 11) is 0. The minimum atomic E-state index is -0.526. The fraction of sp³-hybridized carbons (Fsp3) is 0.133. The Kier molecular flexibility index (Phi) is 4.32. The molecule has 0 unspecified atom stereocenters. The number of ketones is 1. The minimum Gasteiger partial charge on any atom is -0.485 e. The van der Waals surface area contributed by atoms with E-state index in [1.54, 1.807) is 18.2 Å². The lowest BCUT2D eigenvalue weighted by Gasteiger charge is -2.09. The Morgan fingerprint density at radius 2 is 2.00 bits per heavy atom. The molecule has 19 heavy (non-hydrogen) atoms. The third-order valence-corrected chi connectivity index (χ3v) is 3.18. The van der Waals surface area contributed by atoms with E-state index in [9.17, 15) is 9.18 Å². The number of Topliss-reactive ketones (excluding diaryl/α,β-unsaturated/α-hetero) is 1. The number of halogens is 2. The van der Waals surface area contributed by atoms with Gasteiger partial charge in [-0.1, -0.05) is 34.1 Å². The van der Waals surface area contributed by atoms with Crippen molar-refractivity contribution < 1.29 is 13.9 Å². The van der Waals surface area contributed by atoms with Crippen molar-refractivity contribution in [3.63, 3.8) is 0 Å². The molecule has 0 saturated carbocycles. The Morgan fingerprint density at radius 1 is 1.26 bits per heavy atom. The standard InChI is InChI=1S/C15H12BrFO2/c1-10-6-7-11(16)8-15(10)19-9-14(18)12-4-2-3-5-13(12)17/h2-8H,9H2,1H3. The van der Waals surface area contributed by atoms with E-state index in [2.05, 4.69) is 15.9 Å². The third kappa shape index (κ3) is 3.41. The SMILES string of the molecule is Cc1ccc(Br)cc1OCC(=O)c1ccccc1F. The van der Waals surface area contributed by atoms with Gasteiger partial charge in [-0.3, -0.25) is 4.79 Å². The van der Waals surface area contributed by atoms with Crippen molar-refractivity contribution >= 4 is 21.7 Å². The first kappa shape index (κ1) is 13.7. The van der Waals surface area contributed by atoms with Crippen LogP contribution in [0.15, 0.2) is 46.9 Å². The molecule has 0 heterocycles. The minimum absolute atomic E-state index is 0.0511. The van der Waals surface area contributed by atoms with Crippen LogP contribution in [0.4, 0.5) is 4.39 Å². The van der Waals surface area contributed by atoms with Gasteiger partial charge < -0.3 is 4.74 Å². The fourth-order valence-electron chi connectivity index (χ4n) is 1.64. The molecule has 0 bridgehead atoms. The number of carbonyl (C=O) groups excluding carboxylic acids is 1. The van der Waals surface area contributed by atoms with Crippen molar-refractivity contribution in [2.75, 3.05) is 6.61 Å². The number of hydrogen-bond acceptors (Lipinski definition) is 2. The highest BCUT2D eigenvalue weighted by Crippen LogP contribution is 2.23. The van der Waals surface area contributed by atoms with Gasteiger partial charge in [-0.25, -0.2) is 4.39 Å². The monoisotopic (exact) mass is 322 g/mol. The van der Waals surface area contributed by atoms with Gasteiger partial charge in [0, 0.05) is 4.47 Å². The molecule has 0 fully saturated rings. The van der Waals surface area contributed by atoms with Gasteiger partial charge in [-0.15, -0.1) is 0 Å². The Labute approximate surface area is 119 Å². The maximum absolute atomic E-state index is 13.4. The second-order valence-electron chi connectivity index (χ2n) is 4.10. The number of rotatable bonds is 4. The summed E-state index contributed by atoms with van der Waals surface area (Å²) in [5, 5.41) is 0. The molecule has 2 rings (SSSR count). The normalized spacial score (nSPS) is 10.3. The molecular weight excluding hydrogens is 311 g/mol. The molecule has 0 N–H and O–H groups in total. The second kappa shape index (κ2) is 5.97. The number of benzene rings is 2. The largest absolute Gasteiger partial charge is 0.485 e. The summed E-state index contributed by atoms with van der Waals surface area (Å²) in [5.74, 6) is -0.293. The first-order valence-electron chi connectivity index (χ1n) is 5.74. The van der Waals surface area contributed by atoms with Crippen LogP contribution >= 0.6 is 15.9 Å². The van der Waals surface area contributed by atoms with Gasteiger partial charge >= 0.3 is 0 Å². The van der Waals surface area contributed by atoms with E-state index in [4.69, 9.17) is 4.74 Å². The molecule has 2 nitrogen and oxygen atoms in total. The Morgan fingerprint density at radius 3 is 2.74 bits per heavy atom. The molecule has 0 aromatic heterocycles. The second-order valence-corrected chi connectivity index (χ2v) is 5.02. The van der Waals surface area contributed by atoms with Gasteiger partial charge in [0.25, 0.3) is 0 Å². The van der Waals surface area contributed by atoms with Crippen LogP contribution < -0.4 is 4.74 Å².